The number of carboxylic acids is 1. The number of anilines is 1. The Morgan fingerprint density at radius 2 is 2.12 bits per heavy atom. The molecule has 2 aromatic rings. The first-order valence-electron chi connectivity index (χ1n) is 6.47. The molecule has 0 fully saturated rings. The minimum atomic E-state index is -1.13. The Labute approximate surface area is 190 Å². The number of benzene rings is 1. The predicted octanol–water partition coefficient (Wildman–Crippen LogP) is 2.52. The SMILES string of the molecule is COc1ccc(Cl)c(NCC(=O)Sc2ncccc2C(=O)O)c1.[KH]. The van der Waals surface area contributed by atoms with Gasteiger partial charge in [0.15, 0.2) is 0 Å². The Morgan fingerprint density at radius 1 is 1.38 bits per heavy atom. The second-order valence-electron chi connectivity index (χ2n) is 4.33. The number of hydrogen-bond donors (Lipinski definition) is 2. The quantitative estimate of drug-likeness (QED) is 0.576. The topological polar surface area (TPSA) is 88.5 Å². The number of carboxylic acid groups (broad SMARTS) is 1. The first kappa shape index (κ1) is 21.4. The van der Waals surface area contributed by atoms with Crippen LogP contribution in [0.2, 0.25) is 5.02 Å². The summed E-state index contributed by atoms with van der Waals surface area (Å²) < 4.78 is 5.09. The first-order chi connectivity index (χ1) is 11.0. The summed E-state index contributed by atoms with van der Waals surface area (Å²) in [6.07, 6.45) is 1.44. The summed E-state index contributed by atoms with van der Waals surface area (Å²) in [5.41, 5.74) is 0.546. The maximum absolute atomic E-state index is 12.0. The molecule has 1 heterocycles. The summed E-state index contributed by atoms with van der Waals surface area (Å²) in [5.74, 6) is -0.521. The van der Waals surface area contributed by atoms with Crippen molar-refractivity contribution < 1.29 is 19.4 Å². The van der Waals surface area contributed by atoms with Crippen LogP contribution in [-0.4, -0.2) is 86.2 Å². The molecule has 0 radical (unpaired) electrons. The van der Waals surface area contributed by atoms with Crippen LogP contribution in [0.4, 0.5) is 5.69 Å². The molecule has 0 aliphatic heterocycles. The van der Waals surface area contributed by atoms with E-state index in [9.17, 15) is 9.59 Å². The Bertz CT molecular complexity index is 745. The van der Waals surface area contributed by atoms with Crippen molar-refractivity contribution in [3.05, 3.63) is 47.1 Å². The number of carbonyl (C=O) groups excluding carboxylic acids is 1. The van der Waals surface area contributed by atoms with E-state index in [2.05, 4.69) is 10.3 Å². The molecule has 0 aliphatic rings. The number of nitrogens with zero attached hydrogens (tertiary/aromatic N) is 1. The van der Waals surface area contributed by atoms with Crippen molar-refractivity contribution in [1.82, 2.24) is 4.98 Å². The van der Waals surface area contributed by atoms with Gasteiger partial charge in [0.25, 0.3) is 0 Å². The van der Waals surface area contributed by atoms with Gasteiger partial charge in [-0.3, -0.25) is 4.79 Å². The number of methoxy groups -OCH3 is 1. The Kier molecular flexibility index (Phi) is 9.28. The molecule has 1 aromatic carbocycles. The molecule has 0 atom stereocenters. The van der Waals surface area contributed by atoms with Gasteiger partial charge < -0.3 is 15.2 Å². The van der Waals surface area contributed by atoms with Crippen molar-refractivity contribution >= 4 is 91.5 Å². The molecule has 6 nitrogen and oxygen atoms in total. The first-order valence-corrected chi connectivity index (χ1v) is 7.67. The molecule has 0 amide bonds. The van der Waals surface area contributed by atoms with E-state index in [0.717, 1.165) is 11.8 Å². The van der Waals surface area contributed by atoms with Crippen LogP contribution < -0.4 is 10.1 Å². The van der Waals surface area contributed by atoms with E-state index in [-0.39, 0.29) is 73.6 Å². The molecule has 0 spiro atoms. The number of aromatic nitrogens is 1. The zero-order valence-corrected chi connectivity index (χ0v) is 13.6. The third kappa shape index (κ3) is 6.03. The predicted molar refractivity (Wildman–Crippen MR) is 95.7 cm³/mol. The molecular formula is C15H14ClKN2O4S. The third-order valence-corrected chi connectivity index (χ3v) is 4.03. The fraction of sp³-hybridized carbons (Fsp3) is 0.133. The van der Waals surface area contributed by atoms with Crippen molar-refractivity contribution in [2.24, 2.45) is 0 Å². The maximum atomic E-state index is 12.0. The van der Waals surface area contributed by atoms with E-state index in [1.165, 1.54) is 25.4 Å². The Morgan fingerprint density at radius 3 is 2.79 bits per heavy atom. The molecule has 2 N–H and O–H groups in total. The van der Waals surface area contributed by atoms with Crippen molar-refractivity contribution in [1.29, 1.82) is 0 Å². The van der Waals surface area contributed by atoms with E-state index in [4.69, 9.17) is 21.4 Å². The number of thioether (sulfide) groups is 1. The summed E-state index contributed by atoms with van der Waals surface area (Å²) in [7, 11) is 1.53. The molecule has 0 bridgehead atoms. The third-order valence-electron chi connectivity index (χ3n) is 2.81. The summed E-state index contributed by atoms with van der Waals surface area (Å²) in [4.78, 5) is 27.0. The van der Waals surface area contributed by atoms with Crippen LogP contribution in [0.5, 0.6) is 5.75 Å². The van der Waals surface area contributed by atoms with Gasteiger partial charge in [-0.25, -0.2) is 9.78 Å². The second kappa shape index (κ2) is 10.4. The van der Waals surface area contributed by atoms with E-state index in [0.29, 0.717) is 16.5 Å². The van der Waals surface area contributed by atoms with Gasteiger partial charge in [-0.05, 0) is 36.0 Å². The van der Waals surface area contributed by atoms with Crippen LogP contribution in [0.3, 0.4) is 0 Å². The molecule has 2 rings (SSSR count). The molecule has 1 aromatic heterocycles. The van der Waals surface area contributed by atoms with E-state index < -0.39 is 5.97 Å². The number of pyridine rings is 1. The standard InChI is InChI=1S/C15H13ClN2O4S.K.H/c1-22-9-4-5-11(16)12(7-9)18-8-13(19)23-14-10(15(20)21)3-2-6-17-14;;/h2-7,18H,8H2,1H3,(H,20,21);;. The Balaban J connectivity index is 0.00000288. The monoisotopic (exact) mass is 392 g/mol. The van der Waals surface area contributed by atoms with E-state index >= 15 is 0 Å². The molecule has 122 valence electrons. The minimum absolute atomic E-state index is 0. The molecule has 9 heteroatoms. The summed E-state index contributed by atoms with van der Waals surface area (Å²) >= 11 is 6.80. The van der Waals surface area contributed by atoms with Gasteiger partial charge >= 0.3 is 57.4 Å². The van der Waals surface area contributed by atoms with Crippen molar-refractivity contribution in [3.8, 4) is 5.75 Å². The van der Waals surface area contributed by atoms with Gasteiger partial charge in [0.1, 0.15) is 10.8 Å². The molecule has 0 unspecified atom stereocenters. The van der Waals surface area contributed by atoms with Gasteiger partial charge in [-0.2, -0.15) is 0 Å². The zero-order chi connectivity index (χ0) is 16.8. The van der Waals surface area contributed by atoms with Gasteiger partial charge in [-0.15, -0.1) is 0 Å². The second-order valence-corrected chi connectivity index (χ2v) is 5.79. The molecule has 0 saturated carbocycles. The molecule has 24 heavy (non-hydrogen) atoms. The van der Waals surface area contributed by atoms with Gasteiger partial charge in [0, 0.05) is 12.3 Å². The fourth-order valence-electron chi connectivity index (χ4n) is 1.71. The summed E-state index contributed by atoms with van der Waals surface area (Å²) in [6.45, 7) is -0.0345. The van der Waals surface area contributed by atoms with Crippen molar-refractivity contribution in [2.75, 3.05) is 19.0 Å². The summed E-state index contributed by atoms with van der Waals surface area (Å²) in [5, 5.41) is 12.3. The normalized spacial score (nSPS) is 9.75. The number of nitrogens with one attached hydrogen (secondary N) is 1. The van der Waals surface area contributed by atoms with Crippen LogP contribution in [0.25, 0.3) is 0 Å². The van der Waals surface area contributed by atoms with E-state index in [1.807, 2.05) is 0 Å². The molecular weight excluding hydrogens is 379 g/mol. The van der Waals surface area contributed by atoms with Crippen LogP contribution in [0, 0.1) is 0 Å². The van der Waals surface area contributed by atoms with E-state index in [1.54, 1.807) is 18.2 Å². The van der Waals surface area contributed by atoms with Crippen LogP contribution in [0.15, 0.2) is 41.6 Å². The van der Waals surface area contributed by atoms with Crippen LogP contribution in [0.1, 0.15) is 10.4 Å². The molecule has 0 saturated heterocycles. The number of rotatable bonds is 6. The van der Waals surface area contributed by atoms with Crippen LogP contribution in [-0.2, 0) is 4.79 Å². The average Bonchev–Trinajstić information content (AvgIpc) is 2.54. The number of hydrogen-bond acceptors (Lipinski definition) is 6. The summed E-state index contributed by atoms with van der Waals surface area (Å²) in [6, 6.07) is 7.94. The fourth-order valence-corrected chi connectivity index (χ4v) is 2.64. The van der Waals surface area contributed by atoms with Crippen molar-refractivity contribution in [3.63, 3.8) is 0 Å². The molecule has 0 aliphatic carbocycles. The Hall–Kier alpha value is -0.614. The van der Waals surface area contributed by atoms with Gasteiger partial charge in [-0.1, -0.05) is 11.6 Å². The van der Waals surface area contributed by atoms with Gasteiger partial charge in [0.2, 0.25) is 5.12 Å². The number of ether oxygens (including phenoxy) is 1. The average molecular weight is 393 g/mol. The zero-order valence-electron chi connectivity index (χ0n) is 12.1. The van der Waals surface area contributed by atoms with Gasteiger partial charge in [0.05, 0.1) is 29.9 Å². The number of halogens is 1. The number of aromatic carboxylic acids is 1. The number of carbonyl (C=O) groups is 2. The van der Waals surface area contributed by atoms with Crippen molar-refractivity contribution in [2.45, 2.75) is 5.03 Å². The van der Waals surface area contributed by atoms with Crippen LogP contribution >= 0.6 is 23.4 Å².